The first-order valence-corrected chi connectivity index (χ1v) is 11.6. The molecule has 6 heteroatoms. The Hall–Kier alpha value is -3.12. The molecule has 1 atom stereocenters. The molecule has 3 aromatic carbocycles. The highest BCUT2D eigenvalue weighted by atomic mass is 32.2. The zero-order chi connectivity index (χ0) is 21.2. The van der Waals surface area contributed by atoms with E-state index in [0.29, 0.717) is 16.8 Å². The van der Waals surface area contributed by atoms with Crippen molar-refractivity contribution in [2.45, 2.75) is 36.9 Å². The van der Waals surface area contributed by atoms with E-state index >= 15 is 0 Å². The van der Waals surface area contributed by atoms with Gasteiger partial charge in [-0.05, 0) is 54.3 Å². The molecule has 0 saturated heterocycles. The summed E-state index contributed by atoms with van der Waals surface area (Å²) in [6.45, 7) is 2.01. The van der Waals surface area contributed by atoms with Crippen molar-refractivity contribution in [3.05, 3.63) is 84.2 Å². The molecule has 1 saturated carbocycles. The van der Waals surface area contributed by atoms with Gasteiger partial charge in [-0.25, -0.2) is 9.67 Å². The second-order valence-corrected chi connectivity index (χ2v) is 8.90. The average Bonchev–Trinajstić information content (AvgIpc) is 3.57. The first-order chi connectivity index (χ1) is 15.2. The monoisotopic (exact) mass is 428 g/mol. The number of aromatic nitrogens is 3. The van der Waals surface area contributed by atoms with Crippen LogP contribution in [0.1, 0.15) is 43.1 Å². The van der Waals surface area contributed by atoms with Gasteiger partial charge in [0.05, 0.1) is 17.5 Å². The molecular formula is C25H24N4OS. The van der Waals surface area contributed by atoms with Crippen LogP contribution in [0.5, 0.6) is 0 Å². The number of carbonyl (C=O) groups excluding carboxylic acids is 1. The number of hydrogen-bond donors (Lipinski definition) is 1. The van der Waals surface area contributed by atoms with Gasteiger partial charge < -0.3 is 5.32 Å². The van der Waals surface area contributed by atoms with E-state index in [9.17, 15) is 4.79 Å². The molecule has 4 aromatic rings. The van der Waals surface area contributed by atoms with E-state index in [2.05, 4.69) is 40.7 Å². The van der Waals surface area contributed by atoms with Crippen molar-refractivity contribution in [1.82, 2.24) is 20.1 Å². The van der Waals surface area contributed by atoms with Gasteiger partial charge in [0.1, 0.15) is 5.82 Å². The molecule has 5 nitrogen and oxygen atoms in total. The van der Waals surface area contributed by atoms with Gasteiger partial charge in [-0.2, -0.15) is 0 Å². The minimum absolute atomic E-state index is 0.0188. The second kappa shape index (κ2) is 8.55. The third-order valence-corrected chi connectivity index (χ3v) is 6.38. The number of nitrogens with zero attached hydrogens (tertiary/aromatic N) is 3. The van der Waals surface area contributed by atoms with Crippen LogP contribution in [0.4, 0.5) is 0 Å². The van der Waals surface area contributed by atoms with Gasteiger partial charge in [-0.15, -0.1) is 5.10 Å². The Labute approximate surface area is 185 Å². The van der Waals surface area contributed by atoms with Crippen LogP contribution in [0.3, 0.4) is 0 Å². The lowest BCUT2D eigenvalue weighted by Crippen LogP contribution is -2.28. The predicted molar refractivity (Wildman–Crippen MR) is 125 cm³/mol. The van der Waals surface area contributed by atoms with Gasteiger partial charge in [-0.3, -0.25) is 4.79 Å². The van der Waals surface area contributed by atoms with E-state index in [4.69, 9.17) is 4.98 Å². The summed E-state index contributed by atoms with van der Waals surface area (Å²) in [4.78, 5) is 17.3. The van der Waals surface area contributed by atoms with E-state index in [1.165, 1.54) is 22.5 Å². The van der Waals surface area contributed by atoms with Crippen molar-refractivity contribution in [3.63, 3.8) is 0 Å². The van der Waals surface area contributed by atoms with Crippen LogP contribution < -0.4 is 5.32 Å². The van der Waals surface area contributed by atoms with Crippen LogP contribution in [-0.2, 0) is 4.79 Å². The highest BCUT2D eigenvalue weighted by molar-refractivity contribution is 7.99. The highest BCUT2D eigenvalue weighted by Gasteiger charge is 2.30. The lowest BCUT2D eigenvalue weighted by atomic mass is 10.0. The molecule has 0 unspecified atom stereocenters. The maximum Gasteiger partial charge on any atom is 0.230 e. The molecule has 0 spiro atoms. The zero-order valence-electron chi connectivity index (χ0n) is 17.4. The number of nitrogens with one attached hydrogen (secondary N) is 1. The molecule has 1 N–H and O–H groups in total. The van der Waals surface area contributed by atoms with Gasteiger partial charge in [0, 0.05) is 5.92 Å². The molecule has 1 heterocycles. The Bertz CT molecular complexity index is 1220. The summed E-state index contributed by atoms with van der Waals surface area (Å²) >= 11 is 1.39. The summed E-state index contributed by atoms with van der Waals surface area (Å²) < 4.78 is 1.93. The van der Waals surface area contributed by atoms with E-state index in [1.54, 1.807) is 0 Å². The minimum atomic E-state index is -0.0606. The maximum absolute atomic E-state index is 12.6. The fraction of sp³-hybridized carbons (Fsp3) is 0.240. The molecule has 1 aliphatic carbocycles. The summed E-state index contributed by atoms with van der Waals surface area (Å²) in [7, 11) is 0. The number of benzene rings is 3. The Balaban J connectivity index is 1.24. The van der Waals surface area contributed by atoms with Crippen LogP contribution >= 0.6 is 11.8 Å². The topological polar surface area (TPSA) is 59.8 Å². The van der Waals surface area contributed by atoms with E-state index in [-0.39, 0.29) is 11.9 Å². The third-order valence-electron chi connectivity index (χ3n) is 5.54. The van der Waals surface area contributed by atoms with Gasteiger partial charge in [-0.1, -0.05) is 66.4 Å². The molecule has 1 aromatic heterocycles. The summed E-state index contributed by atoms with van der Waals surface area (Å²) in [6.07, 6.45) is 2.30. The van der Waals surface area contributed by atoms with Gasteiger partial charge >= 0.3 is 0 Å². The lowest BCUT2D eigenvalue weighted by Gasteiger charge is -2.14. The van der Waals surface area contributed by atoms with Crippen LogP contribution in [0.15, 0.2) is 78.0 Å². The van der Waals surface area contributed by atoms with E-state index < -0.39 is 0 Å². The SMILES string of the molecule is C[C@H](NC(=O)CSc1nc(C2CC2)n(-c2ccccc2)n1)c1ccc2ccccc2c1. The number of hydrogen-bond acceptors (Lipinski definition) is 4. The van der Waals surface area contributed by atoms with Crippen molar-refractivity contribution < 1.29 is 4.79 Å². The standard InChI is InChI=1S/C25H24N4OS/c1-17(20-14-11-18-7-5-6-8-21(18)15-20)26-23(30)16-31-25-27-24(19-12-13-19)29(28-25)22-9-3-2-4-10-22/h2-11,14-15,17,19H,12-13,16H2,1H3,(H,26,30)/t17-/m0/s1. The molecule has 0 radical (unpaired) electrons. The zero-order valence-corrected chi connectivity index (χ0v) is 18.2. The Kier molecular flexibility index (Phi) is 5.47. The van der Waals surface area contributed by atoms with Crippen molar-refractivity contribution in [2.75, 3.05) is 5.75 Å². The summed E-state index contributed by atoms with van der Waals surface area (Å²) in [5.41, 5.74) is 2.11. The van der Waals surface area contributed by atoms with Crippen LogP contribution in [0.25, 0.3) is 16.5 Å². The van der Waals surface area contributed by atoms with E-state index in [1.807, 2.05) is 54.1 Å². The summed E-state index contributed by atoms with van der Waals surface area (Å²) in [5, 5.41) is 10.8. The molecule has 31 heavy (non-hydrogen) atoms. The molecular weight excluding hydrogens is 404 g/mol. The second-order valence-electron chi connectivity index (χ2n) is 7.96. The number of rotatable bonds is 7. The minimum Gasteiger partial charge on any atom is -0.349 e. The van der Waals surface area contributed by atoms with Gasteiger partial charge in [0.25, 0.3) is 0 Å². The predicted octanol–water partition coefficient (Wildman–Crippen LogP) is 5.27. The number of para-hydroxylation sites is 1. The normalized spacial score (nSPS) is 14.5. The number of fused-ring (bicyclic) bond motifs is 1. The van der Waals surface area contributed by atoms with Crippen LogP contribution in [0.2, 0.25) is 0 Å². The highest BCUT2D eigenvalue weighted by Crippen LogP contribution is 2.40. The van der Waals surface area contributed by atoms with Crippen molar-refractivity contribution in [3.8, 4) is 5.69 Å². The Morgan fingerprint density at radius 2 is 1.81 bits per heavy atom. The van der Waals surface area contributed by atoms with Gasteiger partial charge in [0.2, 0.25) is 11.1 Å². The first kappa shape index (κ1) is 19.8. The van der Waals surface area contributed by atoms with Crippen molar-refractivity contribution in [1.29, 1.82) is 0 Å². The van der Waals surface area contributed by atoms with Crippen molar-refractivity contribution >= 4 is 28.4 Å². The Morgan fingerprint density at radius 3 is 2.58 bits per heavy atom. The van der Waals surface area contributed by atoms with Crippen LogP contribution in [-0.4, -0.2) is 26.4 Å². The quantitative estimate of drug-likeness (QED) is 0.408. The summed E-state index contributed by atoms with van der Waals surface area (Å²) in [5.74, 6) is 1.75. The smallest absolute Gasteiger partial charge is 0.230 e. The number of amides is 1. The molecule has 0 bridgehead atoms. The molecule has 0 aliphatic heterocycles. The third kappa shape index (κ3) is 4.49. The van der Waals surface area contributed by atoms with E-state index in [0.717, 1.165) is 29.9 Å². The van der Waals surface area contributed by atoms with Gasteiger partial charge in [0.15, 0.2) is 0 Å². The molecule has 5 rings (SSSR count). The lowest BCUT2D eigenvalue weighted by molar-refractivity contribution is -0.119. The number of thioether (sulfide) groups is 1. The van der Waals surface area contributed by atoms with Crippen molar-refractivity contribution in [2.24, 2.45) is 0 Å². The largest absolute Gasteiger partial charge is 0.349 e. The number of carbonyl (C=O) groups is 1. The average molecular weight is 429 g/mol. The van der Waals surface area contributed by atoms with Crippen LogP contribution in [0, 0.1) is 0 Å². The molecule has 1 fully saturated rings. The Morgan fingerprint density at radius 1 is 1.06 bits per heavy atom. The molecule has 1 amide bonds. The first-order valence-electron chi connectivity index (χ1n) is 10.6. The molecule has 1 aliphatic rings. The fourth-order valence-corrected chi connectivity index (χ4v) is 4.35. The fourth-order valence-electron chi connectivity index (χ4n) is 3.70. The maximum atomic E-state index is 12.6. The molecule has 156 valence electrons. The summed E-state index contributed by atoms with van der Waals surface area (Å²) in [6, 6.07) is 24.6.